The molecule has 0 atom stereocenters. The third kappa shape index (κ3) is 2.75. The predicted octanol–water partition coefficient (Wildman–Crippen LogP) is 2.55. The molecule has 0 aliphatic rings. The molecule has 0 spiro atoms. The maximum atomic E-state index is 4.16. The summed E-state index contributed by atoms with van der Waals surface area (Å²) in [6.45, 7) is 2.94. The highest BCUT2D eigenvalue weighted by molar-refractivity contribution is 5.79. The first-order valence-corrected chi connectivity index (χ1v) is 7.06. The van der Waals surface area contributed by atoms with E-state index in [0.717, 1.165) is 26.1 Å². The molecule has 0 aliphatic heterocycles. The van der Waals surface area contributed by atoms with Crippen molar-refractivity contribution in [1.82, 2.24) is 19.7 Å². The molecule has 0 unspecified atom stereocenters. The highest BCUT2D eigenvalue weighted by Crippen LogP contribution is 2.15. The van der Waals surface area contributed by atoms with Crippen LogP contribution in [0.2, 0.25) is 0 Å². The van der Waals surface area contributed by atoms with E-state index in [0.29, 0.717) is 0 Å². The summed E-state index contributed by atoms with van der Waals surface area (Å²) in [5.41, 5.74) is 2.54. The van der Waals surface area contributed by atoms with Gasteiger partial charge >= 0.3 is 0 Å². The van der Waals surface area contributed by atoms with Crippen LogP contribution in [-0.2, 0) is 20.1 Å². The van der Waals surface area contributed by atoms with Crippen LogP contribution in [-0.4, -0.2) is 20.9 Å². The van der Waals surface area contributed by atoms with Crippen molar-refractivity contribution in [1.29, 1.82) is 0 Å². The van der Waals surface area contributed by atoms with Crippen molar-refractivity contribution in [2.45, 2.75) is 19.5 Å². The summed E-state index contributed by atoms with van der Waals surface area (Å²) in [5, 5.41) is 8.94. The van der Waals surface area contributed by atoms with Gasteiger partial charge in [-0.25, -0.2) is 0 Å². The first kappa shape index (κ1) is 12.9. The van der Waals surface area contributed by atoms with Crippen molar-refractivity contribution in [3.8, 4) is 0 Å². The zero-order valence-electron chi connectivity index (χ0n) is 11.8. The van der Waals surface area contributed by atoms with Crippen molar-refractivity contribution < 1.29 is 0 Å². The zero-order chi connectivity index (χ0) is 13.8. The number of aryl methyl sites for hydroxylation is 2. The minimum Gasteiger partial charge on any atom is -0.347 e. The quantitative estimate of drug-likeness (QED) is 0.697. The van der Waals surface area contributed by atoms with E-state index < -0.39 is 0 Å². The second-order valence-electron chi connectivity index (χ2n) is 5.04. The third-order valence-corrected chi connectivity index (χ3v) is 3.66. The van der Waals surface area contributed by atoms with Gasteiger partial charge in [-0.1, -0.05) is 18.2 Å². The van der Waals surface area contributed by atoms with Crippen LogP contribution in [0.1, 0.15) is 12.1 Å². The van der Waals surface area contributed by atoms with Crippen LogP contribution in [0.3, 0.4) is 0 Å². The number of benzene rings is 1. The van der Waals surface area contributed by atoms with Gasteiger partial charge in [-0.05, 0) is 36.6 Å². The third-order valence-electron chi connectivity index (χ3n) is 3.66. The molecule has 1 N–H and O–H groups in total. The molecular weight excluding hydrogens is 248 g/mol. The fourth-order valence-corrected chi connectivity index (χ4v) is 2.50. The van der Waals surface area contributed by atoms with E-state index >= 15 is 0 Å². The maximum absolute atomic E-state index is 4.16. The molecule has 0 saturated carbocycles. The maximum Gasteiger partial charge on any atom is 0.0518 e. The Labute approximate surface area is 119 Å². The Bertz CT molecular complexity index is 680. The molecule has 1 aromatic carbocycles. The number of aromatic nitrogens is 3. The second kappa shape index (κ2) is 5.92. The molecular formula is C16H20N4. The SMILES string of the molecule is Cn1nccc1CNCCCn1ccc2ccccc21. The number of hydrogen-bond acceptors (Lipinski definition) is 2. The molecule has 0 aliphatic carbocycles. The Kier molecular flexibility index (Phi) is 3.83. The molecule has 3 rings (SSSR count). The van der Waals surface area contributed by atoms with Crippen LogP contribution in [0.15, 0.2) is 48.8 Å². The van der Waals surface area contributed by atoms with Gasteiger partial charge in [0.2, 0.25) is 0 Å². The number of fused-ring (bicyclic) bond motifs is 1. The number of nitrogens with zero attached hydrogens (tertiary/aromatic N) is 3. The van der Waals surface area contributed by atoms with Gasteiger partial charge in [0, 0.05) is 38.0 Å². The minimum absolute atomic E-state index is 0.878. The van der Waals surface area contributed by atoms with Gasteiger partial charge in [0.1, 0.15) is 0 Å². The molecule has 20 heavy (non-hydrogen) atoms. The normalized spacial score (nSPS) is 11.2. The molecule has 4 nitrogen and oxygen atoms in total. The summed E-state index contributed by atoms with van der Waals surface area (Å²) in [4.78, 5) is 0. The topological polar surface area (TPSA) is 34.8 Å². The number of nitrogens with one attached hydrogen (secondary N) is 1. The lowest BCUT2D eigenvalue weighted by molar-refractivity contribution is 0.571. The fourth-order valence-electron chi connectivity index (χ4n) is 2.50. The average Bonchev–Trinajstić information content (AvgIpc) is 3.06. The monoisotopic (exact) mass is 268 g/mol. The lowest BCUT2D eigenvalue weighted by atomic mass is 10.2. The molecule has 2 aromatic heterocycles. The zero-order valence-corrected chi connectivity index (χ0v) is 11.8. The van der Waals surface area contributed by atoms with Crippen LogP contribution in [0, 0.1) is 0 Å². The van der Waals surface area contributed by atoms with E-state index in [1.807, 2.05) is 24.0 Å². The van der Waals surface area contributed by atoms with Gasteiger partial charge in [0.25, 0.3) is 0 Å². The van der Waals surface area contributed by atoms with Crippen LogP contribution in [0.25, 0.3) is 10.9 Å². The van der Waals surface area contributed by atoms with Crippen molar-refractivity contribution in [2.24, 2.45) is 7.05 Å². The summed E-state index contributed by atoms with van der Waals surface area (Å²) in [6.07, 6.45) is 5.13. The first-order valence-electron chi connectivity index (χ1n) is 7.06. The van der Waals surface area contributed by atoms with Crippen LogP contribution >= 0.6 is 0 Å². The summed E-state index contributed by atoms with van der Waals surface area (Å²) in [7, 11) is 1.98. The van der Waals surface area contributed by atoms with Crippen LogP contribution < -0.4 is 5.32 Å². The molecule has 4 heteroatoms. The largest absolute Gasteiger partial charge is 0.347 e. The summed E-state index contributed by atoms with van der Waals surface area (Å²) < 4.78 is 4.23. The van der Waals surface area contributed by atoms with Gasteiger partial charge in [0.05, 0.1) is 5.69 Å². The predicted molar refractivity (Wildman–Crippen MR) is 81.5 cm³/mol. The van der Waals surface area contributed by atoms with Crippen LogP contribution in [0.4, 0.5) is 0 Å². The average molecular weight is 268 g/mol. The minimum atomic E-state index is 0.878. The van der Waals surface area contributed by atoms with Crippen molar-refractivity contribution >= 4 is 10.9 Å². The van der Waals surface area contributed by atoms with Gasteiger partial charge in [-0.3, -0.25) is 4.68 Å². The van der Waals surface area contributed by atoms with E-state index in [9.17, 15) is 0 Å². The van der Waals surface area contributed by atoms with Gasteiger partial charge in [-0.15, -0.1) is 0 Å². The van der Waals surface area contributed by atoms with Crippen molar-refractivity contribution in [3.05, 3.63) is 54.5 Å². The second-order valence-corrected chi connectivity index (χ2v) is 5.04. The Balaban J connectivity index is 1.47. The van der Waals surface area contributed by atoms with Crippen LogP contribution in [0.5, 0.6) is 0 Å². The number of hydrogen-bond donors (Lipinski definition) is 1. The van der Waals surface area contributed by atoms with Crippen molar-refractivity contribution in [3.63, 3.8) is 0 Å². The van der Waals surface area contributed by atoms with Gasteiger partial charge < -0.3 is 9.88 Å². The molecule has 0 saturated heterocycles. The summed E-state index contributed by atoms with van der Waals surface area (Å²) in [6, 6.07) is 12.7. The van der Waals surface area contributed by atoms with Gasteiger partial charge in [0.15, 0.2) is 0 Å². The van der Waals surface area contributed by atoms with E-state index in [1.54, 1.807) is 0 Å². The van der Waals surface area contributed by atoms with Crippen molar-refractivity contribution in [2.75, 3.05) is 6.54 Å². The first-order chi connectivity index (χ1) is 9.84. The van der Waals surface area contributed by atoms with E-state index in [2.05, 4.69) is 51.5 Å². The lowest BCUT2D eigenvalue weighted by Gasteiger charge is -2.07. The highest BCUT2D eigenvalue weighted by atomic mass is 15.3. The molecule has 104 valence electrons. The summed E-state index contributed by atoms with van der Waals surface area (Å²) in [5.74, 6) is 0. The Morgan fingerprint density at radius 3 is 2.90 bits per heavy atom. The van der Waals surface area contributed by atoms with Gasteiger partial charge in [-0.2, -0.15) is 5.10 Å². The molecule has 2 heterocycles. The lowest BCUT2D eigenvalue weighted by Crippen LogP contribution is -2.18. The Morgan fingerprint density at radius 2 is 2.05 bits per heavy atom. The number of para-hydroxylation sites is 1. The Morgan fingerprint density at radius 1 is 1.15 bits per heavy atom. The molecule has 0 bridgehead atoms. The highest BCUT2D eigenvalue weighted by Gasteiger charge is 2.00. The fraction of sp³-hybridized carbons (Fsp3) is 0.312. The Hall–Kier alpha value is -2.07. The van der Waals surface area contributed by atoms with E-state index in [1.165, 1.54) is 16.6 Å². The summed E-state index contributed by atoms with van der Waals surface area (Å²) >= 11 is 0. The molecule has 3 aromatic rings. The standard InChI is InChI=1S/C16H20N4/c1-19-15(7-10-18-19)13-17-9-4-11-20-12-8-14-5-2-3-6-16(14)20/h2-3,5-8,10,12,17H,4,9,11,13H2,1H3. The molecule has 0 fully saturated rings. The molecule has 0 amide bonds. The number of rotatable bonds is 6. The van der Waals surface area contributed by atoms with E-state index in [-0.39, 0.29) is 0 Å². The molecule has 0 radical (unpaired) electrons. The smallest absolute Gasteiger partial charge is 0.0518 e. The van der Waals surface area contributed by atoms with E-state index in [4.69, 9.17) is 0 Å².